The van der Waals surface area contributed by atoms with Crippen LogP contribution in [0.1, 0.15) is 30.8 Å². The van der Waals surface area contributed by atoms with Gasteiger partial charge in [-0.2, -0.15) is 9.78 Å². The molecule has 1 N–H and O–H groups in total. The first-order chi connectivity index (χ1) is 10.8. The van der Waals surface area contributed by atoms with E-state index in [0.717, 1.165) is 9.25 Å². The van der Waals surface area contributed by atoms with Crippen LogP contribution >= 0.6 is 11.6 Å². The number of aromatic nitrogens is 3. The fourth-order valence-electron chi connectivity index (χ4n) is 1.86. The Hall–Kier alpha value is -2.41. The van der Waals surface area contributed by atoms with Gasteiger partial charge in [-0.25, -0.2) is 4.79 Å². The third-order valence-corrected chi connectivity index (χ3v) is 3.70. The van der Waals surface area contributed by atoms with E-state index in [9.17, 15) is 14.4 Å². The van der Waals surface area contributed by atoms with Crippen LogP contribution in [0.25, 0.3) is 5.69 Å². The molecule has 0 aliphatic rings. The lowest BCUT2D eigenvalue weighted by Crippen LogP contribution is -2.45. The lowest BCUT2D eigenvalue weighted by molar-refractivity contribution is 0.0929. The van der Waals surface area contributed by atoms with Crippen LogP contribution in [0, 0.1) is 0 Å². The number of nitrogens with one attached hydrogen (secondary N) is 1. The van der Waals surface area contributed by atoms with Crippen LogP contribution in [0.2, 0.25) is 5.02 Å². The summed E-state index contributed by atoms with van der Waals surface area (Å²) in [5.74, 6) is -0.609. The summed E-state index contributed by atoms with van der Waals surface area (Å²) < 4.78 is 1.86. The minimum atomic E-state index is -0.735. The van der Waals surface area contributed by atoms with Crippen molar-refractivity contribution >= 4 is 17.5 Å². The average Bonchev–Trinajstić information content (AvgIpc) is 2.53. The molecule has 0 aliphatic heterocycles. The van der Waals surface area contributed by atoms with Crippen molar-refractivity contribution in [1.82, 2.24) is 19.7 Å². The molecule has 0 saturated carbocycles. The van der Waals surface area contributed by atoms with Gasteiger partial charge in [0.25, 0.3) is 11.5 Å². The molecule has 1 aromatic carbocycles. The number of carbonyl (C=O) groups is 1. The summed E-state index contributed by atoms with van der Waals surface area (Å²) in [6, 6.07) is 6.24. The van der Waals surface area contributed by atoms with Crippen LogP contribution in [0.4, 0.5) is 0 Å². The van der Waals surface area contributed by atoms with Crippen molar-refractivity contribution in [3.05, 3.63) is 55.8 Å². The zero-order valence-electron chi connectivity index (χ0n) is 13.0. The normalized spacial score (nSPS) is 12.0. The Morgan fingerprint density at radius 2 is 1.91 bits per heavy atom. The highest BCUT2D eigenvalue weighted by molar-refractivity contribution is 6.30. The van der Waals surface area contributed by atoms with E-state index >= 15 is 0 Å². The van der Waals surface area contributed by atoms with Crippen molar-refractivity contribution < 1.29 is 4.79 Å². The van der Waals surface area contributed by atoms with E-state index in [2.05, 4.69) is 10.4 Å². The minimum Gasteiger partial charge on any atom is -0.348 e. The molecule has 1 amide bonds. The van der Waals surface area contributed by atoms with Crippen molar-refractivity contribution in [3.8, 4) is 5.69 Å². The van der Waals surface area contributed by atoms with Crippen molar-refractivity contribution in [3.63, 3.8) is 0 Å². The molecule has 0 unspecified atom stereocenters. The molecule has 8 heteroatoms. The standard InChI is InChI=1S/C15H17ClN4O3/c1-4-9(2)17-13(21)12-14(22)19(3)15(23)20(18-12)11-7-5-10(16)6-8-11/h5-9H,4H2,1-3H3,(H,17,21)/t9-/m1/s1. The van der Waals surface area contributed by atoms with Crippen LogP contribution in [-0.2, 0) is 7.05 Å². The maximum atomic E-state index is 12.2. The number of carbonyl (C=O) groups excluding carboxylic acids is 1. The molecule has 0 radical (unpaired) electrons. The molecular weight excluding hydrogens is 320 g/mol. The molecule has 0 bridgehead atoms. The fraction of sp³-hybridized carbons (Fsp3) is 0.333. The molecule has 0 aliphatic carbocycles. The van der Waals surface area contributed by atoms with E-state index < -0.39 is 17.2 Å². The van der Waals surface area contributed by atoms with Gasteiger partial charge in [-0.05, 0) is 37.6 Å². The topological polar surface area (TPSA) is 86.0 Å². The molecule has 2 aromatic rings. The quantitative estimate of drug-likeness (QED) is 0.906. The van der Waals surface area contributed by atoms with Crippen LogP contribution in [0.5, 0.6) is 0 Å². The molecule has 0 spiro atoms. The SMILES string of the molecule is CC[C@@H](C)NC(=O)c1nn(-c2ccc(Cl)cc2)c(=O)n(C)c1=O. The number of hydrogen-bond donors (Lipinski definition) is 1. The molecule has 23 heavy (non-hydrogen) atoms. The van der Waals surface area contributed by atoms with Gasteiger partial charge in [0.2, 0.25) is 5.69 Å². The van der Waals surface area contributed by atoms with E-state index in [1.807, 2.05) is 13.8 Å². The Labute approximate surface area is 137 Å². The smallest absolute Gasteiger partial charge is 0.348 e. The highest BCUT2D eigenvalue weighted by Crippen LogP contribution is 2.11. The van der Waals surface area contributed by atoms with Gasteiger partial charge in [0.15, 0.2) is 0 Å². The number of hydrogen-bond acceptors (Lipinski definition) is 4. The molecule has 0 saturated heterocycles. The second-order valence-electron chi connectivity index (χ2n) is 5.17. The van der Waals surface area contributed by atoms with E-state index in [1.54, 1.807) is 24.3 Å². The number of nitrogens with zero attached hydrogens (tertiary/aromatic N) is 3. The lowest BCUT2D eigenvalue weighted by atomic mass is 10.2. The first kappa shape index (κ1) is 17.0. The van der Waals surface area contributed by atoms with Crippen molar-refractivity contribution in [2.75, 3.05) is 0 Å². The van der Waals surface area contributed by atoms with E-state index in [0.29, 0.717) is 17.1 Å². The molecule has 1 heterocycles. The number of halogens is 1. The van der Waals surface area contributed by atoms with Gasteiger partial charge in [0.05, 0.1) is 5.69 Å². The third-order valence-electron chi connectivity index (χ3n) is 3.45. The number of amides is 1. The van der Waals surface area contributed by atoms with Gasteiger partial charge in [-0.1, -0.05) is 18.5 Å². The van der Waals surface area contributed by atoms with Gasteiger partial charge < -0.3 is 5.32 Å². The van der Waals surface area contributed by atoms with Crippen molar-refractivity contribution in [2.45, 2.75) is 26.3 Å². The second kappa shape index (κ2) is 6.78. The zero-order chi connectivity index (χ0) is 17.1. The van der Waals surface area contributed by atoms with E-state index in [-0.39, 0.29) is 11.7 Å². The van der Waals surface area contributed by atoms with Crippen LogP contribution in [0.15, 0.2) is 33.9 Å². The molecular formula is C15H17ClN4O3. The predicted molar refractivity (Wildman–Crippen MR) is 87.3 cm³/mol. The average molecular weight is 337 g/mol. The number of benzene rings is 1. The largest absolute Gasteiger partial charge is 0.351 e. The highest BCUT2D eigenvalue weighted by Gasteiger charge is 2.19. The second-order valence-corrected chi connectivity index (χ2v) is 5.60. The minimum absolute atomic E-state index is 0.107. The van der Waals surface area contributed by atoms with Gasteiger partial charge in [0, 0.05) is 18.1 Å². The molecule has 7 nitrogen and oxygen atoms in total. The van der Waals surface area contributed by atoms with Crippen molar-refractivity contribution in [2.24, 2.45) is 7.05 Å². The van der Waals surface area contributed by atoms with Gasteiger partial charge in [-0.3, -0.25) is 14.2 Å². The Bertz CT molecular complexity index is 839. The van der Waals surface area contributed by atoms with Gasteiger partial charge in [-0.15, -0.1) is 0 Å². The van der Waals surface area contributed by atoms with Crippen LogP contribution in [0.3, 0.4) is 0 Å². The molecule has 122 valence electrons. The lowest BCUT2D eigenvalue weighted by Gasteiger charge is -2.12. The zero-order valence-corrected chi connectivity index (χ0v) is 13.8. The third kappa shape index (κ3) is 3.50. The Morgan fingerprint density at radius 3 is 2.48 bits per heavy atom. The molecule has 1 aromatic heterocycles. The van der Waals surface area contributed by atoms with E-state index in [1.165, 1.54) is 7.05 Å². The van der Waals surface area contributed by atoms with Crippen LogP contribution in [-0.4, -0.2) is 26.3 Å². The van der Waals surface area contributed by atoms with Gasteiger partial charge in [0.1, 0.15) is 0 Å². The Balaban J connectivity index is 2.57. The Kier molecular flexibility index (Phi) is 5.00. The summed E-state index contributed by atoms with van der Waals surface area (Å²) in [5.41, 5.74) is -1.30. The highest BCUT2D eigenvalue weighted by atomic mass is 35.5. The molecule has 2 rings (SSSR count). The van der Waals surface area contributed by atoms with Crippen LogP contribution < -0.4 is 16.6 Å². The first-order valence-electron chi connectivity index (χ1n) is 7.12. The summed E-state index contributed by atoms with van der Waals surface area (Å²) in [5, 5.41) is 7.11. The first-order valence-corrected chi connectivity index (χ1v) is 7.50. The summed E-state index contributed by atoms with van der Waals surface area (Å²) in [7, 11) is 1.30. The maximum Gasteiger partial charge on any atom is 0.351 e. The summed E-state index contributed by atoms with van der Waals surface area (Å²) >= 11 is 5.82. The summed E-state index contributed by atoms with van der Waals surface area (Å²) in [6.07, 6.45) is 0.711. The van der Waals surface area contributed by atoms with E-state index in [4.69, 9.17) is 11.6 Å². The summed E-state index contributed by atoms with van der Waals surface area (Å²) in [6.45, 7) is 3.72. The monoisotopic (exact) mass is 336 g/mol. The Morgan fingerprint density at radius 1 is 1.30 bits per heavy atom. The fourth-order valence-corrected chi connectivity index (χ4v) is 1.99. The predicted octanol–water partition coefficient (Wildman–Crippen LogP) is 1.11. The molecule has 0 fully saturated rings. The van der Waals surface area contributed by atoms with Gasteiger partial charge >= 0.3 is 5.69 Å². The number of rotatable bonds is 4. The van der Waals surface area contributed by atoms with Crippen molar-refractivity contribution in [1.29, 1.82) is 0 Å². The maximum absolute atomic E-state index is 12.2. The molecule has 1 atom stereocenters. The summed E-state index contributed by atoms with van der Waals surface area (Å²) in [4.78, 5) is 36.6.